The van der Waals surface area contributed by atoms with Crippen LogP contribution in [0.1, 0.15) is 19.3 Å². The molecule has 0 aromatic heterocycles. The first kappa shape index (κ1) is 14.8. The molecule has 0 aliphatic carbocycles. The molecule has 1 aromatic carbocycles. The number of carbonyl (C=O) groups excluding carboxylic acids is 1. The van der Waals surface area contributed by atoms with E-state index in [2.05, 4.69) is 10.6 Å². The molecule has 19 heavy (non-hydrogen) atoms. The normalized spacial score (nSPS) is 9.74. The molecule has 0 aliphatic rings. The molecule has 0 radical (unpaired) electrons. The molecule has 0 unspecified atom stereocenters. The summed E-state index contributed by atoms with van der Waals surface area (Å²) in [5.74, 6) is -0.234. The van der Waals surface area contributed by atoms with Crippen LogP contribution < -0.4 is 15.4 Å². The maximum Gasteiger partial charge on any atom is 0.319 e. The van der Waals surface area contributed by atoms with Gasteiger partial charge in [0.1, 0.15) is 5.75 Å². The molecule has 104 valence electrons. The average Bonchev–Trinajstić information content (AvgIpc) is 2.38. The van der Waals surface area contributed by atoms with Gasteiger partial charge in [0.05, 0.1) is 12.8 Å². The van der Waals surface area contributed by atoms with Crippen molar-refractivity contribution in [3.8, 4) is 5.75 Å². The van der Waals surface area contributed by atoms with Crippen molar-refractivity contribution in [3.63, 3.8) is 0 Å². The first-order valence-electron chi connectivity index (χ1n) is 6.03. The average molecular weight is 266 g/mol. The number of carboxylic acids is 1. The van der Waals surface area contributed by atoms with E-state index in [-0.39, 0.29) is 12.5 Å². The van der Waals surface area contributed by atoms with Crippen molar-refractivity contribution in [2.45, 2.75) is 19.3 Å². The Morgan fingerprint density at radius 2 is 2.00 bits per heavy atom. The standard InChI is InChI=1S/C13H18N2O4/c1-19-11-7-3-2-6-10(11)15-13(18)14-9-5-4-8-12(16)17/h2-3,6-7H,4-5,8-9H2,1H3,(H,16,17)(H2,14,15,18). The van der Waals surface area contributed by atoms with E-state index in [0.29, 0.717) is 30.8 Å². The minimum Gasteiger partial charge on any atom is -0.495 e. The van der Waals surface area contributed by atoms with Gasteiger partial charge in [-0.05, 0) is 25.0 Å². The highest BCUT2D eigenvalue weighted by Gasteiger charge is 2.05. The van der Waals surface area contributed by atoms with Gasteiger partial charge in [-0.15, -0.1) is 0 Å². The van der Waals surface area contributed by atoms with E-state index >= 15 is 0 Å². The fourth-order valence-electron chi connectivity index (χ4n) is 1.52. The van der Waals surface area contributed by atoms with Crippen molar-refractivity contribution < 1.29 is 19.4 Å². The summed E-state index contributed by atoms with van der Waals surface area (Å²) < 4.78 is 5.11. The molecule has 6 nitrogen and oxygen atoms in total. The number of aliphatic carboxylic acids is 1. The number of nitrogens with one attached hydrogen (secondary N) is 2. The molecule has 0 saturated carbocycles. The zero-order chi connectivity index (χ0) is 14.1. The number of hydrogen-bond acceptors (Lipinski definition) is 3. The van der Waals surface area contributed by atoms with Crippen LogP contribution in [0.5, 0.6) is 5.75 Å². The van der Waals surface area contributed by atoms with Gasteiger partial charge >= 0.3 is 12.0 Å². The Morgan fingerprint density at radius 1 is 1.26 bits per heavy atom. The maximum absolute atomic E-state index is 11.6. The van der Waals surface area contributed by atoms with Crippen LogP contribution >= 0.6 is 0 Å². The van der Waals surface area contributed by atoms with Gasteiger partial charge in [0.15, 0.2) is 0 Å². The molecular weight excluding hydrogens is 248 g/mol. The number of para-hydroxylation sites is 2. The number of urea groups is 1. The zero-order valence-electron chi connectivity index (χ0n) is 10.8. The molecule has 2 amide bonds. The molecule has 3 N–H and O–H groups in total. The molecule has 0 aliphatic heterocycles. The van der Waals surface area contributed by atoms with Gasteiger partial charge in [-0.3, -0.25) is 4.79 Å². The highest BCUT2D eigenvalue weighted by molar-refractivity contribution is 5.90. The number of rotatable bonds is 7. The lowest BCUT2D eigenvalue weighted by atomic mass is 10.2. The van der Waals surface area contributed by atoms with E-state index in [4.69, 9.17) is 9.84 Å². The van der Waals surface area contributed by atoms with E-state index in [0.717, 1.165) is 0 Å². The van der Waals surface area contributed by atoms with Gasteiger partial charge in [-0.2, -0.15) is 0 Å². The zero-order valence-corrected chi connectivity index (χ0v) is 10.8. The number of unbranched alkanes of at least 4 members (excludes halogenated alkanes) is 1. The number of anilines is 1. The van der Waals surface area contributed by atoms with Crippen molar-refractivity contribution in [1.82, 2.24) is 5.32 Å². The second kappa shape index (κ2) is 7.97. The Bertz CT molecular complexity index is 434. The molecule has 0 atom stereocenters. The van der Waals surface area contributed by atoms with Crippen LogP contribution in [0.2, 0.25) is 0 Å². The molecule has 1 aromatic rings. The summed E-state index contributed by atoms with van der Waals surface area (Å²) in [7, 11) is 1.53. The number of ether oxygens (including phenoxy) is 1. The van der Waals surface area contributed by atoms with Gasteiger partial charge in [0.2, 0.25) is 0 Å². The molecule has 0 bridgehead atoms. The molecule has 6 heteroatoms. The Kier molecular flexibility index (Phi) is 6.21. The van der Waals surface area contributed by atoms with Crippen LogP contribution in [0.15, 0.2) is 24.3 Å². The summed E-state index contributed by atoms with van der Waals surface area (Å²) in [5, 5.41) is 13.8. The number of methoxy groups -OCH3 is 1. The van der Waals surface area contributed by atoms with Crippen LogP contribution in [-0.4, -0.2) is 30.8 Å². The topological polar surface area (TPSA) is 87.7 Å². The van der Waals surface area contributed by atoms with E-state index in [1.807, 2.05) is 6.07 Å². The highest BCUT2D eigenvalue weighted by Crippen LogP contribution is 2.22. The molecule has 0 heterocycles. The third-order valence-electron chi connectivity index (χ3n) is 2.46. The van der Waals surface area contributed by atoms with Crippen LogP contribution in [-0.2, 0) is 4.79 Å². The van der Waals surface area contributed by atoms with Crippen molar-refractivity contribution >= 4 is 17.7 Å². The number of benzene rings is 1. The lowest BCUT2D eigenvalue weighted by Gasteiger charge is -2.10. The van der Waals surface area contributed by atoms with E-state index in [9.17, 15) is 9.59 Å². The highest BCUT2D eigenvalue weighted by atomic mass is 16.5. The summed E-state index contributed by atoms with van der Waals surface area (Å²) in [6.07, 6.45) is 1.30. The second-order valence-corrected chi connectivity index (χ2v) is 3.93. The van der Waals surface area contributed by atoms with Gasteiger partial charge in [0, 0.05) is 13.0 Å². The predicted molar refractivity (Wildman–Crippen MR) is 71.5 cm³/mol. The molecule has 0 spiro atoms. The molecule has 0 saturated heterocycles. The Labute approximate surface area is 111 Å². The number of carboxylic acid groups (broad SMARTS) is 1. The molecule has 0 fully saturated rings. The third-order valence-corrected chi connectivity index (χ3v) is 2.46. The third kappa shape index (κ3) is 5.76. The summed E-state index contributed by atoms with van der Waals surface area (Å²) in [5.41, 5.74) is 0.591. The van der Waals surface area contributed by atoms with Crippen molar-refractivity contribution in [2.24, 2.45) is 0 Å². The smallest absolute Gasteiger partial charge is 0.319 e. The quantitative estimate of drug-likeness (QED) is 0.659. The van der Waals surface area contributed by atoms with Gasteiger partial charge in [-0.1, -0.05) is 12.1 Å². The van der Waals surface area contributed by atoms with Crippen molar-refractivity contribution in [2.75, 3.05) is 19.0 Å². The van der Waals surface area contributed by atoms with E-state index in [1.54, 1.807) is 18.2 Å². The van der Waals surface area contributed by atoms with E-state index in [1.165, 1.54) is 7.11 Å². The first-order chi connectivity index (χ1) is 9.13. The monoisotopic (exact) mass is 266 g/mol. The van der Waals surface area contributed by atoms with Gasteiger partial charge < -0.3 is 20.5 Å². The fourth-order valence-corrected chi connectivity index (χ4v) is 1.52. The second-order valence-electron chi connectivity index (χ2n) is 3.93. The lowest BCUT2D eigenvalue weighted by molar-refractivity contribution is -0.137. The minimum absolute atomic E-state index is 0.121. The van der Waals surface area contributed by atoms with Crippen LogP contribution in [0, 0.1) is 0 Å². The number of hydrogen-bond donors (Lipinski definition) is 3. The number of carbonyl (C=O) groups is 2. The summed E-state index contributed by atoms with van der Waals surface area (Å²) in [6, 6.07) is 6.77. The SMILES string of the molecule is COc1ccccc1NC(=O)NCCCCC(=O)O. The Hall–Kier alpha value is -2.24. The van der Waals surface area contributed by atoms with Gasteiger partial charge in [-0.25, -0.2) is 4.79 Å². The van der Waals surface area contributed by atoms with E-state index < -0.39 is 5.97 Å². The van der Waals surface area contributed by atoms with Gasteiger partial charge in [0.25, 0.3) is 0 Å². The fraction of sp³-hybridized carbons (Fsp3) is 0.385. The predicted octanol–water partition coefficient (Wildman–Crippen LogP) is 2.07. The summed E-state index contributed by atoms with van der Waals surface area (Å²) in [4.78, 5) is 21.9. The first-order valence-corrected chi connectivity index (χ1v) is 6.03. The van der Waals surface area contributed by atoms with Crippen LogP contribution in [0.25, 0.3) is 0 Å². The van der Waals surface area contributed by atoms with Crippen molar-refractivity contribution in [3.05, 3.63) is 24.3 Å². The Balaban J connectivity index is 2.29. The summed E-state index contributed by atoms with van der Waals surface area (Å²) >= 11 is 0. The largest absolute Gasteiger partial charge is 0.495 e. The van der Waals surface area contributed by atoms with Crippen LogP contribution in [0.3, 0.4) is 0 Å². The Morgan fingerprint density at radius 3 is 2.68 bits per heavy atom. The number of amides is 2. The van der Waals surface area contributed by atoms with Crippen molar-refractivity contribution in [1.29, 1.82) is 0 Å². The molecular formula is C13H18N2O4. The lowest BCUT2D eigenvalue weighted by Crippen LogP contribution is -2.29. The molecule has 1 rings (SSSR count). The summed E-state index contributed by atoms with van der Waals surface area (Å²) in [6.45, 7) is 0.439. The maximum atomic E-state index is 11.6. The minimum atomic E-state index is -0.821. The van der Waals surface area contributed by atoms with Crippen LogP contribution in [0.4, 0.5) is 10.5 Å².